The van der Waals surface area contributed by atoms with Crippen LogP contribution in [0.25, 0.3) is 16.8 Å². The molecule has 3 amide bonds. The molecule has 0 bridgehead atoms. The quantitative estimate of drug-likeness (QED) is 0.127. The van der Waals surface area contributed by atoms with Crippen LogP contribution in [0.1, 0.15) is 37.6 Å². The standard InChI is InChI=1S/C16H26N4O2S.C16H16N2O2/c1-10(2)15(16(22)19-8-12(21)7-11(19)3)20(18)9-13(17)14-5-4-6-23-14;17-16(20)15(18-11-19)10-12-6-8-14(9-7-12)13-4-2-1-3-5-13/h4-6,9-12,15,21H,7-8,17-18H2,1-3H3;1-9,11,15H,10H2,(H2,17,20)(H,18,19)/b13-9-;. The molecule has 1 aliphatic heterocycles. The first kappa shape index (κ1) is 33.3. The topological polar surface area (TPSA) is 168 Å². The van der Waals surface area contributed by atoms with E-state index in [1.54, 1.807) is 11.1 Å². The van der Waals surface area contributed by atoms with Gasteiger partial charge in [0.25, 0.3) is 0 Å². The van der Waals surface area contributed by atoms with Gasteiger partial charge in [0.2, 0.25) is 18.2 Å². The molecule has 230 valence electrons. The zero-order valence-corrected chi connectivity index (χ0v) is 25.6. The molecule has 8 N–H and O–H groups in total. The summed E-state index contributed by atoms with van der Waals surface area (Å²) in [7, 11) is 0. The maximum Gasteiger partial charge on any atom is 0.247 e. The van der Waals surface area contributed by atoms with Crippen molar-refractivity contribution in [2.75, 3.05) is 6.54 Å². The van der Waals surface area contributed by atoms with Gasteiger partial charge in [-0.1, -0.05) is 74.5 Å². The summed E-state index contributed by atoms with van der Waals surface area (Å²) in [4.78, 5) is 37.1. The van der Waals surface area contributed by atoms with Crippen LogP contribution < -0.4 is 22.6 Å². The van der Waals surface area contributed by atoms with Crippen molar-refractivity contribution in [2.24, 2.45) is 23.2 Å². The molecule has 4 atom stereocenters. The fourth-order valence-corrected chi connectivity index (χ4v) is 5.66. The number of hydrogen-bond acceptors (Lipinski definition) is 8. The van der Waals surface area contributed by atoms with Crippen LogP contribution in [0.5, 0.6) is 0 Å². The Hall–Kier alpha value is -4.19. The van der Waals surface area contributed by atoms with E-state index in [9.17, 15) is 19.5 Å². The Balaban J connectivity index is 0.000000238. The lowest BCUT2D eigenvalue weighted by Gasteiger charge is -2.33. The molecule has 1 aliphatic rings. The van der Waals surface area contributed by atoms with Gasteiger partial charge >= 0.3 is 0 Å². The predicted octanol–water partition coefficient (Wildman–Crippen LogP) is 2.68. The minimum absolute atomic E-state index is 0.0184. The Labute approximate surface area is 257 Å². The molecule has 0 spiro atoms. The smallest absolute Gasteiger partial charge is 0.247 e. The molecule has 1 saturated heterocycles. The second-order valence-corrected chi connectivity index (χ2v) is 11.9. The van der Waals surface area contributed by atoms with Crippen LogP contribution in [0, 0.1) is 5.92 Å². The second kappa shape index (κ2) is 15.9. The minimum atomic E-state index is -0.671. The summed E-state index contributed by atoms with van der Waals surface area (Å²) >= 11 is 1.52. The highest BCUT2D eigenvalue weighted by Crippen LogP contribution is 2.23. The van der Waals surface area contributed by atoms with E-state index in [1.165, 1.54) is 16.3 Å². The van der Waals surface area contributed by atoms with Crippen LogP contribution in [0.15, 0.2) is 78.3 Å². The first-order valence-corrected chi connectivity index (χ1v) is 15.1. The molecule has 43 heavy (non-hydrogen) atoms. The van der Waals surface area contributed by atoms with Gasteiger partial charge in [-0.05, 0) is 47.4 Å². The van der Waals surface area contributed by atoms with Gasteiger partial charge in [0.15, 0.2) is 0 Å². The number of nitrogens with one attached hydrogen (secondary N) is 1. The third-order valence-corrected chi connectivity index (χ3v) is 8.17. The van der Waals surface area contributed by atoms with Gasteiger partial charge in [-0.15, -0.1) is 11.3 Å². The van der Waals surface area contributed by atoms with E-state index in [0.717, 1.165) is 21.6 Å². The van der Waals surface area contributed by atoms with E-state index in [4.69, 9.17) is 17.3 Å². The largest absolute Gasteiger partial charge is 0.396 e. The molecule has 4 rings (SSSR count). The number of aliphatic hydroxyl groups excluding tert-OH is 1. The molecule has 0 aliphatic carbocycles. The molecular weight excluding hydrogens is 564 g/mol. The average molecular weight is 607 g/mol. The average Bonchev–Trinajstić information content (AvgIpc) is 3.63. The first-order chi connectivity index (χ1) is 20.5. The van der Waals surface area contributed by atoms with E-state index < -0.39 is 24.1 Å². The van der Waals surface area contributed by atoms with E-state index in [1.807, 2.05) is 92.9 Å². The molecule has 11 heteroatoms. The van der Waals surface area contributed by atoms with Crippen molar-refractivity contribution < 1.29 is 19.5 Å². The van der Waals surface area contributed by atoms with Crippen molar-refractivity contribution in [3.05, 3.63) is 88.8 Å². The van der Waals surface area contributed by atoms with E-state index in [-0.39, 0.29) is 17.9 Å². The van der Waals surface area contributed by atoms with Gasteiger partial charge in [-0.3, -0.25) is 14.4 Å². The minimum Gasteiger partial charge on any atom is -0.396 e. The number of hydrazine groups is 1. The Morgan fingerprint density at radius 3 is 2.23 bits per heavy atom. The summed E-state index contributed by atoms with van der Waals surface area (Å²) in [6, 6.07) is 20.5. The summed E-state index contributed by atoms with van der Waals surface area (Å²) in [6.07, 6.45) is 2.65. The number of nitrogens with two attached hydrogens (primary N) is 3. The number of amides is 3. The highest BCUT2D eigenvalue weighted by Gasteiger charge is 2.37. The second-order valence-electron chi connectivity index (χ2n) is 10.9. The fraction of sp³-hybridized carbons (Fsp3) is 0.344. The van der Waals surface area contributed by atoms with Crippen molar-refractivity contribution in [3.8, 4) is 11.1 Å². The number of carbonyl (C=O) groups excluding carboxylic acids is 3. The summed E-state index contributed by atoms with van der Waals surface area (Å²) in [6.45, 7) is 6.22. The Kier molecular flexibility index (Phi) is 12.3. The summed E-state index contributed by atoms with van der Waals surface area (Å²) in [5.74, 6) is 5.56. The number of carbonyl (C=O) groups is 3. The Bertz CT molecular complexity index is 1350. The van der Waals surface area contributed by atoms with E-state index in [0.29, 0.717) is 31.5 Å². The van der Waals surface area contributed by atoms with Crippen LogP contribution in [-0.2, 0) is 20.8 Å². The normalized spacial score (nSPS) is 17.9. The van der Waals surface area contributed by atoms with Crippen LogP contribution >= 0.6 is 11.3 Å². The number of primary amides is 1. The van der Waals surface area contributed by atoms with Crippen molar-refractivity contribution in [1.82, 2.24) is 15.2 Å². The summed E-state index contributed by atoms with van der Waals surface area (Å²) in [5, 5.41) is 15.5. The van der Waals surface area contributed by atoms with Gasteiger partial charge in [0, 0.05) is 25.2 Å². The number of thiophene rings is 1. The van der Waals surface area contributed by atoms with E-state index in [2.05, 4.69) is 5.32 Å². The number of likely N-dealkylation sites (tertiary alicyclic amines) is 1. The van der Waals surface area contributed by atoms with E-state index >= 15 is 0 Å². The summed E-state index contributed by atoms with van der Waals surface area (Å²) < 4.78 is 0. The zero-order valence-electron chi connectivity index (χ0n) is 24.8. The number of aliphatic hydroxyl groups is 1. The summed E-state index contributed by atoms with van der Waals surface area (Å²) in [5.41, 5.74) is 15.0. The van der Waals surface area contributed by atoms with Crippen LogP contribution in [0.3, 0.4) is 0 Å². The Morgan fingerprint density at radius 2 is 1.72 bits per heavy atom. The molecule has 4 unspecified atom stereocenters. The van der Waals surface area contributed by atoms with Crippen molar-refractivity contribution in [2.45, 2.75) is 57.8 Å². The molecule has 10 nitrogen and oxygen atoms in total. The van der Waals surface area contributed by atoms with Crippen LogP contribution in [-0.4, -0.2) is 64.0 Å². The number of rotatable bonds is 11. The van der Waals surface area contributed by atoms with Gasteiger partial charge in [-0.25, -0.2) is 5.84 Å². The van der Waals surface area contributed by atoms with Crippen LogP contribution in [0.4, 0.5) is 0 Å². The maximum atomic E-state index is 12.9. The van der Waals surface area contributed by atoms with Gasteiger partial charge in [0.05, 0.1) is 16.7 Å². The molecule has 0 saturated carbocycles. The number of β-amino-alcohol motifs (C(OH)–C–C–N with tert-alkyl or cyclic N) is 1. The number of benzene rings is 2. The number of hydrogen-bond donors (Lipinski definition) is 5. The highest BCUT2D eigenvalue weighted by molar-refractivity contribution is 7.11. The molecule has 1 fully saturated rings. The monoisotopic (exact) mass is 606 g/mol. The van der Waals surface area contributed by atoms with Gasteiger partial charge in [0.1, 0.15) is 12.1 Å². The van der Waals surface area contributed by atoms with Crippen molar-refractivity contribution >= 4 is 35.3 Å². The lowest BCUT2D eigenvalue weighted by Crippen LogP contribution is -2.53. The zero-order chi connectivity index (χ0) is 31.5. The van der Waals surface area contributed by atoms with Gasteiger partial charge < -0.3 is 31.8 Å². The fourth-order valence-electron chi connectivity index (χ4n) is 5.01. The highest BCUT2D eigenvalue weighted by atomic mass is 32.1. The number of nitrogens with zero attached hydrogens (tertiary/aromatic N) is 2. The molecule has 2 heterocycles. The Morgan fingerprint density at radius 1 is 1.07 bits per heavy atom. The van der Waals surface area contributed by atoms with Crippen molar-refractivity contribution in [1.29, 1.82) is 0 Å². The van der Waals surface area contributed by atoms with Crippen molar-refractivity contribution in [3.63, 3.8) is 0 Å². The molecular formula is C32H42N6O4S. The molecule has 1 aromatic heterocycles. The molecule has 2 aromatic carbocycles. The molecule has 0 radical (unpaired) electrons. The van der Waals surface area contributed by atoms with Crippen LogP contribution in [0.2, 0.25) is 0 Å². The lowest BCUT2D eigenvalue weighted by atomic mass is 10.0. The lowest BCUT2D eigenvalue weighted by molar-refractivity contribution is -0.138. The SMILES string of the molecule is CC(C)C(C(=O)N1CC(O)CC1C)N(N)/C=C(\N)c1cccs1.NC(=O)C(Cc1ccc(-c2ccccc2)cc1)NC=O. The first-order valence-electron chi connectivity index (χ1n) is 14.2. The predicted molar refractivity (Wildman–Crippen MR) is 171 cm³/mol. The maximum absolute atomic E-state index is 12.9. The third kappa shape index (κ3) is 9.40. The van der Waals surface area contributed by atoms with Gasteiger partial charge in [-0.2, -0.15) is 0 Å². The molecule has 3 aromatic rings. The third-order valence-electron chi connectivity index (χ3n) is 7.25.